The Bertz CT molecular complexity index is 1140. The number of nitrogens with one attached hydrogen (secondary N) is 2. The Kier molecular flexibility index (Phi) is 5.94. The molecule has 5 nitrogen and oxygen atoms in total. The van der Waals surface area contributed by atoms with E-state index in [1.807, 2.05) is 6.07 Å². The van der Waals surface area contributed by atoms with Crippen molar-refractivity contribution in [2.45, 2.75) is 70.8 Å². The summed E-state index contributed by atoms with van der Waals surface area (Å²) in [6.07, 6.45) is 2.80. The monoisotopic (exact) mass is 466 g/mol. The van der Waals surface area contributed by atoms with E-state index in [0.717, 1.165) is 28.9 Å². The minimum Gasteiger partial charge on any atom is -0.496 e. The molecule has 1 amide bonds. The van der Waals surface area contributed by atoms with Crippen LogP contribution >= 0.6 is 12.2 Å². The summed E-state index contributed by atoms with van der Waals surface area (Å²) in [7, 11) is 3.32. The molecular weight excluding hydrogens is 432 g/mol. The Hall–Kier alpha value is -2.60. The zero-order valence-electron chi connectivity index (χ0n) is 20.6. The molecule has 6 heteroatoms. The molecule has 0 spiro atoms. The van der Waals surface area contributed by atoms with Gasteiger partial charge in [-0.05, 0) is 82.8 Å². The molecule has 1 fully saturated rings. The number of carbonyl (C=O) groups excluding carboxylic acids is 1. The molecule has 1 heterocycles. The van der Waals surface area contributed by atoms with Gasteiger partial charge in [0.25, 0.3) is 0 Å². The molecule has 0 radical (unpaired) electrons. The summed E-state index contributed by atoms with van der Waals surface area (Å²) in [4.78, 5) is 12.3. The number of methoxy groups -OCH3 is 2. The SMILES string of the molecule is COc1cc(OC)c(-c2cc3c(cc2C)C(C)(C)CCC3(C)C)cc1CC1NC(=S)NC1=O. The second-order valence-electron chi connectivity index (χ2n) is 10.6. The summed E-state index contributed by atoms with van der Waals surface area (Å²) in [5.74, 6) is 1.33. The van der Waals surface area contributed by atoms with E-state index in [9.17, 15) is 4.79 Å². The largest absolute Gasteiger partial charge is 0.496 e. The van der Waals surface area contributed by atoms with Crippen LogP contribution < -0.4 is 20.1 Å². The third-order valence-electron chi connectivity index (χ3n) is 7.37. The first-order valence-corrected chi connectivity index (χ1v) is 11.9. The summed E-state index contributed by atoms with van der Waals surface area (Å²) in [6.45, 7) is 11.5. The van der Waals surface area contributed by atoms with E-state index >= 15 is 0 Å². The van der Waals surface area contributed by atoms with Gasteiger partial charge in [0.1, 0.15) is 17.5 Å². The number of ether oxygens (including phenoxy) is 2. The normalized spacial score (nSPS) is 20.6. The Morgan fingerprint density at radius 2 is 1.55 bits per heavy atom. The van der Waals surface area contributed by atoms with Crippen LogP contribution in [0.25, 0.3) is 11.1 Å². The average molecular weight is 467 g/mol. The highest BCUT2D eigenvalue weighted by molar-refractivity contribution is 7.80. The lowest BCUT2D eigenvalue weighted by molar-refractivity contribution is -0.120. The van der Waals surface area contributed by atoms with Gasteiger partial charge in [-0.2, -0.15) is 0 Å². The van der Waals surface area contributed by atoms with Crippen molar-refractivity contribution in [3.05, 3.63) is 46.5 Å². The maximum Gasteiger partial charge on any atom is 0.249 e. The van der Waals surface area contributed by atoms with Gasteiger partial charge in [0, 0.05) is 18.1 Å². The van der Waals surface area contributed by atoms with Gasteiger partial charge in [-0.1, -0.05) is 33.8 Å². The van der Waals surface area contributed by atoms with E-state index in [0.29, 0.717) is 17.3 Å². The molecule has 2 aromatic rings. The Morgan fingerprint density at radius 3 is 2.09 bits per heavy atom. The fraction of sp³-hybridized carbons (Fsp3) is 0.481. The number of benzene rings is 2. The Morgan fingerprint density at radius 1 is 0.939 bits per heavy atom. The Labute approximate surface area is 202 Å². The van der Waals surface area contributed by atoms with Crippen molar-refractivity contribution in [3.8, 4) is 22.6 Å². The van der Waals surface area contributed by atoms with Gasteiger partial charge in [-0.25, -0.2) is 0 Å². The maximum absolute atomic E-state index is 12.3. The van der Waals surface area contributed by atoms with Gasteiger partial charge < -0.3 is 20.1 Å². The Balaban J connectivity index is 1.86. The summed E-state index contributed by atoms with van der Waals surface area (Å²) in [6, 6.07) is 8.32. The highest BCUT2D eigenvalue weighted by Gasteiger charge is 2.38. The maximum atomic E-state index is 12.3. The molecule has 1 unspecified atom stereocenters. The molecule has 0 saturated carbocycles. The fourth-order valence-corrected chi connectivity index (χ4v) is 5.41. The van der Waals surface area contributed by atoms with Crippen molar-refractivity contribution in [2.24, 2.45) is 0 Å². The lowest BCUT2D eigenvalue weighted by atomic mass is 9.62. The number of hydrogen-bond donors (Lipinski definition) is 2. The fourth-order valence-electron chi connectivity index (χ4n) is 5.17. The zero-order valence-corrected chi connectivity index (χ0v) is 21.5. The third-order valence-corrected chi connectivity index (χ3v) is 7.59. The van der Waals surface area contributed by atoms with Gasteiger partial charge in [-0.15, -0.1) is 0 Å². The van der Waals surface area contributed by atoms with Gasteiger partial charge >= 0.3 is 0 Å². The van der Waals surface area contributed by atoms with Crippen LogP contribution in [0.3, 0.4) is 0 Å². The highest BCUT2D eigenvalue weighted by atomic mass is 32.1. The molecule has 1 aliphatic carbocycles. The zero-order chi connectivity index (χ0) is 24.1. The van der Waals surface area contributed by atoms with E-state index in [2.05, 4.69) is 63.5 Å². The van der Waals surface area contributed by atoms with Crippen molar-refractivity contribution >= 4 is 23.2 Å². The third kappa shape index (κ3) is 4.21. The molecule has 1 atom stereocenters. The standard InChI is InChI=1S/C27H34N2O3S/c1-15-10-19-20(27(4,5)9-8-26(19,2)3)13-17(15)18-11-16(22(31-6)14-23(18)32-7)12-21-24(30)29-25(33)28-21/h10-11,13-14,21H,8-9,12H2,1-7H3,(H2,28,29,30,33). The predicted molar refractivity (Wildman–Crippen MR) is 136 cm³/mol. The molecule has 33 heavy (non-hydrogen) atoms. The van der Waals surface area contributed by atoms with Crippen molar-refractivity contribution in [1.82, 2.24) is 10.6 Å². The quantitative estimate of drug-likeness (QED) is 0.611. The van der Waals surface area contributed by atoms with Crippen LogP contribution in [0.2, 0.25) is 0 Å². The van der Waals surface area contributed by atoms with Crippen LogP contribution in [0.15, 0.2) is 24.3 Å². The molecule has 2 aliphatic rings. The van der Waals surface area contributed by atoms with Crippen LogP contribution in [0.5, 0.6) is 11.5 Å². The number of hydrogen-bond acceptors (Lipinski definition) is 4. The van der Waals surface area contributed by atoms with Gasteiger partial charge in [0.05, 0.1) is 14.2 Å². The molecular formula is C27H34N2O3S. The molecule has 2 N–H and O–H groups in total. The van der Waals surface area contributed by atoms with Crippen LogP contribution in [0.4, 0.5) is 0 Å². The van der Waals surface area contributed by atoms with Gasteiger partial charge in [0.2, 0.25) is 5.91 Å². The molecule has 4 rings (SSSR count). The minimum atomic E-state index is -0.419. The first-order valence-electron chi connectivity index (χ1n) is 11.5. The number of thiocarbonyl (C=S) groups is 1. The number of carbonyl (C=O) groups is 1. The summed E-state index contributed by atoms with van der Waals surface area (Å²) in [5, 5.41) is 6.09. The van der Waals surface area contributed by atoms with E-state index in [1.165, 1.54) is 23.1 Å². The lowest BCUT2D eigenvalue weighted by Gasteiger charge is -2.42. The van der Waals surface area contributed by atoms with Crippen LogP contribution in [-0.2, 0) is 22.0 Å². The van der Waals surface area contributed by atoms with E-state index in [-0.39, 0.29) is 16.7 Å². The second kappa shape index (κ2) is 8.32. The number of fused-ring (bicyclic) bond motifs is 1. The molecule has 176 valence electrons. The van der Waals surface area contributed by atoms with Crippen molar-refractivity contribution < 1.29 is 14.3 Å². The average Bonchev–Trinajstić information content (AvgIpc) is 3.07. The van der Waals surface area contributed by atoms with Crippen molar-refractivity contribution in [1.29, 1.82) is 0 Å². The number of rotatable bonds is 5. The van der Waals surface area contributed by atoms with Crippen molar-refractivity contribution in [2.75, 3.05) is 14.2 Å². The minimum absolute atomic E-state index is 0.109. The topological polar surface area (TPSA) is 59.6 Å². The molecule has 1 aliphatic heterocycles. The smallest absolute Gasteiger partial charge is 0.249 e. The van der Waals surface area contributed by atoms with E-state index in [4.69, 9.17) is 21.7 Å². The van der Waals surface area contributed by atoms with Crippen LogP contribution in [0, 0.1) is 6.92 Å². The van der Waals surface area contributed by atoms with Gasteiger partial charge in [-0.3, -0.25) is 4.79 Å². The molecule has 0 bridgehead atoms. The number of amides is 1. The first kappa shape index (κ1) is 23.6. The number of aryl methyl sites for hydroxylation is 1. The molecule has 2 aromatic carbocycles. The molecule has 1 saturated heterocycles. The predicted octanol–water partition coefficient (Wildman–Crippen LogP) is 4.94. The summed E-state index contributed by atoms with van der Waals surface area (Å²) < 4.78 is 11.5. The van der Waals surface area contributed by atoms with Crippen LogP contribution in [-0.4, -0.2) is 31.3 Å². The van der Waals surface area contributed by atoms with E-state index in [1.54, 1.807) is 14.2 Å². The van der Waals surface area contributed by atoms with E-state index < -0.39 is 6.04 Å². The second-order valence-corrected chi connectivity index (χ2v) is 11.0. The van der Waals surface area contributed by atoms with Crippen molar-refractivity contribution in [3.63, 3.8) is 0 Å². The van der Waals surface area contributed by atoms with Crippen LogP contribution in [0.1, 0.15) is 62.8 Å². The lowest BCUT2D eigenvalue weighted by Crippen LogP contribution is -2.34. The molecule has 0 aromatic heterocycles. The van der Waals surface area contributed by atoms with Gasteiger partial charge in [0.15, 0.2) is 5.11 Å². The highest BCUT2D eigenvalue weighted by Crippen LogP contribution is 2.48. The first-order chi connectivity index (χ1) is 15.5. The summed E-state index contributed by atoms with van der Waals surface area (Å²) in [5.41, 5.74) is 7.41. The summed E-state index contributed by atoms with van der Waals surface area (Å²) >= 11 is 5.11.